The molecule has 0 fully saturated rings. The number of primary amides is 1. The predicted octanol–water partition coefficient (Wildman–Crippen LogP) is 3.09. The summed E-state index contributed by atoms with van der Waals surface area (Å²) in [5.41, 5.74) is 7.84. The standard InChI is InChI=1S/C18H21N3OS/c1-13(7-8-14-5-3-2-4-6-14)20-18(23)21-16-11-9-15(10-12-16)17(19)22/h2-6,9-13H,7-8H2,1H3,(H2,19,22)(H2,20,21,23). The van der Waals surface area contributed by atoms with Crippen LogP contribution >= 0.6 is 12.2 Å². The molecule has 0 bridgehead atoms. The van der Waals surface area contributed by atoms with Crippen molar-refractivity contribution in [2.75, 3.05) is 5.32 Å². The smallest absolute Gasteiger partial charge is 0.248 e. The summed E-state index contributed by atoms with van der Waals surface area (Å²) in [6.45, 7) is 2.10. The van der Waals surface area contributed by atoms with Gasteiger partial charge in [-0.2, -0.15) is 0 Å². The Morgan fingerprint density at radius 2 is 1.78 bits per heavy atom. The maximum absolute atomic E-state index is 11.0. The zero-order valence-corrected chi connectivity index (χ0v) is 13.9. The van der Waals surface area contributed by atoms with Crippen LogP contribution in [0.3, 0.4) is 0 Å². The van der Waals surface area contributed by atoms with Crippen molar-refractivity contribution < 1.29 is 4.79 Å². The molecule has 4 nitrogen and oxygen atoms in total. The molecular formula is C18H21N3OS. The van der Waals surface area contributed by atoms with Gasteiger partial charge in [0.2, 0.25) is 5.91 Å². The van der Waals surface area contributed by atoms with Gasteiger partial charge in [-0.1, -0.05) is 30.3 Å². The number of amides is 1. The van der Waals surface area contributed by atoms with Gasteiger partial charge in [-0.15, -0.1) is 0 Å². The lowest BCUT2D eigenvalue weighted by Crippen LogP contribution is -2.36. The third-order valence-corrected chi connectivity index (χ3v) is 3.73. The highest BCUT2D eigenvalue weighted by atomic mass is 32.1. The van der Waals surface area contributed by atoms with E-state index >= 15 is 0 Å². The molecule has 0 aromatic heterocycles. The van der Waals surface area contributed by atoms with E-state index in [-0.39, 0.29) is 6.04 Å². The number of carbonyl (C=O) groups is 1. The number of carbonyl (C=O) groups excluding carboxylic acids is 1. The average Bonchev–Trinajstić information content (AvgIpc) is 2.54. The highest BCUT2D eigenvalue weighted by molar-refractivity contribution is 7.80. The second kappa shape index (κ2) is 8.29. The number of hydrogen-bond donors (Lipinski definition) is 3. The van der Waals surface area contributed by atoms with Crippen molar-refractivity contribution in [3.63, 3.8) is 0 Å². The minimum Gasteiger partial charge on any atom is -0.366 e. The van der Waals surface area contributed by atoms with Crippen LogP contribution in [0.1, 0.15) is 29.3 Å². The molecule has 0 saturated carbocycles. The maximum atomic E-state index is 11.0. The Kier molecular flexibility index (Phi) is 6.11. The van der Waals surface area contributed by atoms with E-state index in [1.165, 1.54) is 5.56 Å². The van der Waals surface area contributed by atoms with Crippen molar-refractivity contribution in [3.8, 4) is 0 Å². The van der Waals surface area contributed by atoms with E-state index < -0.39 is 5.91 Å². The van der Waals surface area contributed by atoms with Crippen LogP contribution in [0.2, 0.25) is 0 Å². The van der Waals surface area contributed by atoms with Gasteiger partial charge in [0, 0.05) is 17.3 Å². The van der Waals surface area contributed by atoms with Crippen LogP contribution in [0, 0.1) is 0 Å². The van der Waals surface area contributed by atoms with E-state index in [0.717, 1.165) is 18.5 Å². The Morgan fingerprint density at radius 3 is 2.39 bits per heavy atom. The molecular weight excluding hydrogens is 306 g/mol. The van der Waals surface area contributed by atoms with Crippen LogP contribution < -0.4 is 16.4 Å². The predicted molar refractivity (Wildman–Crippen MR) is 98.5 cm³/mol. The van der Waals surface area contributed by atoms with E-state index in [0.29, 0.717) is 10.7 Å². The zero-order chi connectivity index (χ0) is 16.7. The first-order valence-electron chi connectivity index (χ1n) is 7.56. The molecule has 2 aromatic rings. The highest BCUT2D eigenvalue weighted by Crippen LogP contribution is 2.09. The van der Waals surface area contributed by atoms with Crippen LogP contribution in [-0.2, 0) is 6.42 Å². The third-order valence-electron chi connectivity index (χ3n) is 3.51. The number of anilines is 1. The Morgan fingerprint density at radius 1 is 1.13 bits per heavy atom. The van der Waals surface area contributed by atoms with Gasteiger partial charge in [-0.3, -0.25) is 4.79 Å². The summed E-state index contributed by atoms with van der Waals surface area (Å²) in [6, 6.07) is 17.6. The number of hydrogen-bond acceptors (Lipinski definition) is 2. The van der Waals surface area contributed by atoms with E-state index in [1.807, 2.05) is 6.07 Å². The molecule has 1 amide bonds. The van der Waals surface area contributed by atoms with Crippen LogP contribution in [-0.4, -0.2) is 17.1 Å². The molecule has 0 aliphatic carbocycles. The maximum Gasteiger partial charge on any atom is 0.248 e. The molecule has 0 radical (unpaired) electrons. The van der Waals surface area contributed by atoms with Crippen molar-refractivity contribution in [2.45, 2.75) is 25.8 Å². The summed E-state index contributed by atoms with van der Waals surface area (Å²) in [4.78, 5) is 11.0. The first kappa shape index (κ1) is 17.0. The summed E-state index contributed by atoms with van der Waals surface area (Å²) >= 11 is 5.31. The number of nitrogens with one attached hydrogen (secondary N) is 2. The summed E-state index contributed by atoms with van der Waals surface area (Å²) in [5, 5.41) is 6.94. The lowest BCUT2D eigenvalue weighted by Gasteiger charge is -2.17. The zero-order valence-electron chi connectivity index (χ0n) is 13.1. The Hall–Kier alpha value is -2.40. The van der Waals surface area contributed by atoms with Crippen molar-refractivity contribution in [2.24, 2.45) is 5.73 Å². The second-order valence-electron chi connectivity index (χ2n) is 5.47. The first-order chi connectivity index (χ1) is 11.0. The SMILES string of the molecule is CC(CCc1ccccc1)NC(=S)Nc1ccc(C(N)=O)cc1. The van der Waals surface area contributed by atoms with Gasteiger partial charge in [0.05, 0.1) is 0 Å². The van der Waals surface area contributed by atoms with Gasteiger partial charge in [0.1, 0.15) is 0 Å². The quantitative estimate of drug-likeness (QED) is 0.713. The van der Waals surface area contributed by atoms with Gasteiger partial charge in [-0.25, -0.2) is 0 Å². The van der Waals surface area contributed by atoms with Gasteiger partial charge >= 0.3 is 0 Å². The molecule has 0 aliphatic rings. The Labute approximate surface area is 142 Å². The fourth-order valence-electron chi connectivity index (χ4n) is 2.21. The van der Waals surface area contributed by atoms with Crippen molar-refractivity contribution in [1.82, 2.24) is 5.32 Å². The van der Waals surface area contributed by atoms with Gasteiger partial charge < -0.3 is 16.4 Å². The summed E-state index contributed by atoms with van der Waals surface area (Å²) in [5.74, 6) is -0.438. The number of rotatable bonds is 6. The van der Waals surface area contributed by atoms with E-state index in [4.69, 9.17) is 18.0 Å². The Bertz CT molecular complexity index is 656. The topological polar surface area (TPSA) is 67.2 Å². The molecule has 120 valence electrons. The van der Waals surface area contributed by atoms with E-state index in [9.17, 15) is 4.79 Å². The van der Waals surface area contributed by atoms with Gasteiger partial charge in [0.15, 0.2) is 5.11 Å². The molecule has 1 atom stereocenters. The van der Waals surface area contributed by atoms with E-state index in [2.05, 4.69) is 41.8 Å². The summed E-state index contributed by atoms with van der Waals surface area (Å²) in [6.07, 6.45) is 2.00. The van der Waals surface area contributed by atoms with Gasteiger partial charge in [-0.05, 0) is 61.8 Å². The normalized spacial score (nSPS) is 11.5. The van der Waals surface area contributed by atoms with Crippen LogP contribution in [0.4, 0.5) is 5.69 Å². The summed E-state index contributed by atoms with van der Waals surface area (Å²) in [7, 11) is 0. The number of benzene rings is 2. The molecule has 2 rings (SSSR count). The third kappa shape index (κ3) is 5.71. The van der Waals surface area contributed by atoms with Crippen molar-refractivity contribution >= 4 is 28.9 Å². The fourth-order valence-corrected chi connectivity index (χ4v) is 2.53. The van der Waals surface area contributed by atoms with Crippen molar-refractivity contribution in [1.29, 1.82) is 0 Å². The number of thiocarbonyl (C=S) groups is 1. The molecule has 4 N–H and O–H groups in total. The molecule has 2 aromatic carbocycles. The fraction of sp³-hybridized carbons (Fsp3) is 0.222. The highest BCUT2D eigenvalue weighted by Gasteiger charge is 2.06. The largest absolute Gasteiger partial charge is 0.366 e. The Balaban J connectivity index is 1.78. The van der Waals surface area contributed by atoms with Gasteiger partial charge in [0.25, 0.3) is 0 Å². The molecule has 23 heavy (non-hydrogen) atoms. The lowest BCUT2D eigenvalue weighted by atomic mass is 10.1. The number of aryl methyl sites for hydroxylation is 1. The van der Waals surface area contributed by atoms with Crippen LogP contribution in [0.25, 0.3) is 0 Å². The molecule has 1 unspecified atom stereocenters. The van der Waals surface area contributed by atoms with Crippen LogP contribution in [0.15, 0.2) is 54.6 Å². The monoisotopic (exact) mass is 327 g/mol. The molecule has 0 spiro atoms. The molecule has 0 aliphatic heterocycles. The average molecular weight is 327 g/mol. The molecule has 5 heteroatoms. The lowest BCUT2D eigenvalue weighted by molar-refractivity contribution is 0.100. The first-order valence-corrected chi connectivity index (χ1v) is 7.97. The number of nitrogens with two attached hydrogens (primary N) is 1. The van der Waals surface area contributed by atoms with Crippen molar-refractivity contribution in [3.05, 3.63) is 65.7 Å². The molecule has 0 heterocycles. The minimum absolute atomic E-state index is 0.264. The second-order valence-corrected chi connectivity index (χ2v) is 5.87. The van der Waals surface area contributed by atoms with Crippen LogP contribution in [0.5, 0.6) is 0 Å². The summed E-state index contributed by atoms with van der Waals surface area (Å²) < 4.78 is 0. The molecule has 0 saturated heterocycles. The van der Waals surface area contributed by atoms with E-state index in [1.54, 1.807) is 24.3 Å². The minimum atomic E-state index is -0.438.